The number of rotatable bonds is 4. The predicted molar refractivity (Wildman–Crippen MR) is 85.8 cm³/mol. The van der Waals surface area contributed by atoms with Gasteiger partial charge in [-0.1, -0.05) is 35.3 Å². The molecule has 0 spiro atoms. The van der Waals surface area contributed by atoms with Gasteiger partial charge in [0.05, 0.1) is 16.3 Å². The Morgan fingerprint density at radius 2 is 1.71 bits per heavy atom. The number of nitrogens with zero attached hydrogens (tertiary/aromatic N) is 2. The minimum absolute atomic E-state index is 0.437. The van der Waals surface area contributed by atoms with Gasteiger partial charge in [-0.25, -0.2) is 0 Å². The fraction of sp³-hybridized carbons (Fsp3) is 0.0667. The Hall–Kier alpha value is -1.49. The van der Waals surface area contributed by atoms with E-state index in [2.05, 4.69) is 10.2 Å². The van der Waals surface area contributed by atoms with Crippen molar-refractivity contribution in [3.63, 3.8) is 0 Å². The van der Waals surface area contributed by atoms with Crippen LogP contribution in [0.1, 0.15) is 5.89 Å². The van der Waals surface area contributed by atoms with Crippen molar-refractivity contribution in [3.05, 3.63) is 64.5 Å². The normalized spacial score (nSPS) is 10.8. The Labute approximate surface area is 136 Å². The summed E-state index contributed by atoms with van der Waals surface area (Å²) in [7, 11) is 0. The van der Waals surface area contributed by atoms with Gasteiger partial charge < -0.3 is 4.42 Å². The number of benzene rings is 2. The standard InChI is InChI=1S/C15H10Cl2N2OS/c16-10-5-7-11(8-6-10)21-9-14-18-19-15(20-14)12-3-1-2-4-13(12)17/h1-8H,9H2. The van der Waals surface area contributed by atoms with Crippen LogP contribution in [0.25, 0.3) is 11.5 Å². The molecule has 0 saturated carbocycles. The van der Waals surface area contributed by atoms with Gasteiger partial charge >= 0.3 is 0 Å². The van der Waals surface area contributed by atoms with E-state index in [4.69, 9.17) is 27.6 Å². The molecule has 106 valence electrons. The fourth-order valence-corrected chi connectivity index (χ4v) is 2.81. The van der Waals surface area contributed by atoms with Crippen molar-refractivity contribution in [3.8, 4) is 11.5 Å². The molecule has 0 fully saturated rings. The fourth-order valence-electron chi connectivity index (χ4n) is 1.73. The third-order valence-corrected chi connectivity index (χ3v) is 4.33. The summed E-state index contributed by atoms with van der Waals surface area (Å²) in [6.45, 7) is 0. The van der Waals surface area contributed by atoms with Crippen LogP contribution in [0.4, 0.5) is 0 Å². The molecule has 3 rings (SSSR count). The zero-order valence-electron chi connectivity index (χ0n) is 10.8. The van der Waals surface area contributed by atoms with Crippen molar-refractivity contribution in [1.82, 2.24) is 10.2 Å². The highest BCUT2D eigenvalue weighted by atomic mass is 35.5. The molecular formula is C15H10Cl2N2OS. The maximum absolute atomic E-state index is 6.11. The van der Waals surface area contributed by atoms with Gasteiger partial charge in [-0.05, 0) is 36.4 Å². The van der Waals surface area contributed by atoms with Crippen LogP contribution in [0.15, 0.2) is 57.8 Å². The molecule has 0 aliphatic rings. The van der Waals surface area contributed by atoms with E-state index in [1.807, 2.05) is 42.5 Å². The lowest BCUT2D eigenvalue weighted by molar-refractivity contribution is 0.528. The molecule has 1 heterocycles. The first-order valence-corrected chi connectivity index (χ1v) is 7.92. The van der Waals surface area contributed by atoms with Crippen LogP contribution in [-0.2, 0) is 5.75 Å². The van der Waals surface area contributed by atoms with E-state index in [0.29, 0.717) is 22.6 Å². The number of hydrogen-bond acceptors (Lipinski definition) is 4. The van der Waals surface area contributed by atoms with E-state index in [-0.39, 0.29) is 0 Å². The van der Waals surface area contributed by atoms with Gasteiger partial charge in [-0.15, -0.1) is 22.0 Å². The summed E-state index contributed by atoms with van der Waals surface area (Å²) in [6, 6.07) is 15.0. The average Bonchev–Trinajstić information content (AvgIpc) is 2.96. The first-order chi connectivity index (χ1) is 10.2. The summed E-state index contributed by atoms with van der Waals surface area (Å²) in [5.41, 5.74) is 0.745. The van der Waals surface area contributed by atoms with Crippen molar-refractivity contribution >= 4 is 35.0 Å². The van der Waals surface area contributed by atoms with Crippen LogP contribution in [0.2, 0.25) is 10.0 Å². The maximum atomic E-state index is 6.11. The molecule has 0 bridgehead atoms. The second-order valence-corrected chi connectivity index (χ2v) is 6.12. The Morgan fingerprint density at radius 3 is 2.48 bits per heavy atom. The maximum Gasteiger partial charge on any atom is 0.249 e. The molecule has 0 amide bonds. The Morgan fingerprint density at radius 1 is 0.952 bits per heavy atom. The Balaban J connectivity index is 1.71. The summed E-state index contributed by atoms with van der Waals surface area (Å²) in [5.74, 6) is 1.59. The predicted octanol–water partition coefficient (Wildman–Crippen LogP) is 5.34. The molecule has 0 unspecified atom stereocenters. The van der Waals surface area contributed by atoms with Crippen molar-refractivity contribution < 1.29 is 4.42 Å². The molecule has 0 aliphatic heterocycles. The van der Waals surface area contributed by atoms with E-state index in [9.17, 15) is 0 Å². The van der Waals surface area contributed by atoms with E-state index in [1.54, 1.807) is 17.8 Å². The Kier molecular flexibility index (Phi) is 4.48. The van der Waals surface area contributed by atoms with Gasteiger partial charge in [0.15, 0.2) is 0 Å². The summed E-state index contributed by atoms with van der Waals surface area (Å²) >= 11 is 13.6. The molecule has 6 heteroatoms. The van der Waals surface area contributed by atoms with Crippen LogP contribution in [-0.4, -0.2) is 10.2 Å². The van der Waals surface area contributed by atoms with E-state index in [0.717, 1.165) is 15.5 Å². The van der Waals surface area contributed by atoms with Gasteiger partial charge in [0.25, 0.3) is 0 Å². The molecule has 0 atom stereocenters. The number of halogens is 2. The third kappa shape index (κ3) is 3.59. The molecule has 0 saturated heterocycles. The molecule has 3 nitrogen and oxygen atoms in total. The summed E-state index contributed by atoms with van der Waals surface area (Å²) in [6.07, 6.45) is 0. The highest BCUT2D eigenvalue weighted by Crippen LogP contribution is 2.28. The lowest BCUT2D eigenvalue weighted by Gasteiger charge is -1.99. The number of aromatic nitrogens is 2. The second-order valence-electron chi connectivity index (χ2n) is 4.22. The SMILES string of the molecule is Clc1ccc(SCc2nnc(-c3ccccc3Cl)o2)cc1. The number of hydrogen-bond donors (Lipinski definition) is 0. The third-order valence-electron chi connectivity index (χ3n) is 2.75. The summed E-state index contributed by atoms with van der Waals surface area (Å²) in [5, 5.41) is 9.40. The average molecular weight is 337 g/mol. The smallest absolute Gasteiger partial charge is 0.249 e. The zero-order chi connectivity index (χ0) is 14.7. The quantitative estimate of drug-likeness (QED) is 0.603. The van der Waals surface area contributed by atoms with Crippen molar-refractivity contribution in [1.29, 1.82) is 0 Å². The van der Waals surface area contributed by atoms with Gasteiger partial charge in [0.1, 0.15) is 0 Å². The highest BCUT2D eigenvalue weighted by Gasteiger charge is 2.11. The molecule has 2 aromatic carbocycles. The molecule has 0 N–H and O–H groups in total. The first-order valence-electron chi connectivity index (χ1n) is 6.18. The number of thioether (sulfide) groups is 1. The first kappa shape index (κ1) is 14.4. The second kappa shape index (κ2) is 6.52. The van der Waals surface area contributed by atoms with Gasteiger partial charge in [-0.3, -0.25) is 0 Å². The van der Waals surface area contributed by atoms with Crippen molar-refractivity contribution in [2.45, 2.75) is 10.6 Å². The molecule has 21 heavy (non-hydrogen) atoms. The molecule has 3 aromatic rings. The molecule has 1 aromatic heterocycles. The van der Waals surface area contributed by atoms with Crippen LogP contribution in [0.3, 0.4) is 0 Å². The van der Waals surface area contributed by atoms with Crippen molar-refractivity contribution in [2.75, 3.05) is 0 Å². The van der Waals surface area contributed by atoms with E-state index < -0.39 is 0 Å². The van der Waals surface area contributed by atoms with Gasteiger partial charge in [0, 0.05) is 9.92 Å². The van der Waals surface area contributed by atoms with Crippen molar-refractivity contribution in [2.24, 2.45) is 0 Å². The minimum Gasteiger partial charge on any atom is -0.420 e. The summed E-state index contributed by atoms with van der Waals surface area (Å²) < 4.78 is 5.64. The molecular weight excluding hydrogens is 327 g/mol. The molecule has 0 radical (unpaired) electrons. The topological polar surface area (TPSA) is 38.9 Å². The van der Waals surface area contributed by atoms with Gasteiger partial charge in [-0.2, -0.15) is 0 Å². The van der Waals surface area contributed by atoms with E-state index in [1.165, 1.54) is 0 Å². The van der Waals surface area contributed by atoms with Crippen LogP contribution >= 0.6 is 35.0 Å². The van der Waals surface area contributed by atoms with E-state index >= 15 is 0 Å². The van der Waals surface area contributed by atoms with Crippen LogP contribution < -0.4 is 0 Å². The molecule has 0 aliphatic carbocycles. The monoisotopic (exact) mass is 336 g/mol. The highest BCUT2D eigenvalue weighted by molar-refractivity contribution is 7.98. The lowest BCUT2D eigenvalue weighted by Crippen LogP contribution is -1.80. The van der Waals surface area contributed by atoms with Gasteiger partial charge in [0.2, 0.25) is 11.8 Å². The van der Waals surface area contributed by atoms with Crippen LogP contribution in [0, 0.1) is 0 Å². The van der Waals surface area contributed by atoms with Crippen LogP contribution in [0.5, 0.6) is 0 Å². The lowest BCUT2D eigenvalue weighted by atomic mass is 10.2. The summed E-state index contributed by atoms with van der Waals surface area (Å²) in [4.78, 5) is 1.09. The zero-order valence-corrected chi connectivity index (χ0v) is 13.1. The minimum atomic E-state index is 0.437. The largest absolute Gasteiger partial charge is 0.420 e. The Bertz CT molecular complexity index is 743.